The summed E-state index contributed by atoms with van der Waals surface area (Å²) < 4.78 is 29.1. The molecule has 2 unspecified atom stereocenters. The molecule has 0 saturated carbocycles. The van der Waals surface area contributed by atoms with Crippen LogP contribution in [0.5, 0.6) is 0 Å². The van der Waals surface area contributed by atoms with E-state index in [4.69, 9.17) is 4.74 Å². The molecule has 2 aliphatic heterocycles. The molecule has 0 spiro atoms. The van der Waals surface area contributed by atoms with Crippen molar-refractivity contribution >= 4 is 21.7 Å². The fraction of sp³-hybridized carbons (Fsp3) is 0.706. The van der Waals surface area contributed by atoms with Crippen LogP contribution in [0.25, 0.3) is 0 Å². The summed E-state index contributed by atoms with van der Waals surface area (Å²) in [5, 5.41) is 2.87. The van der Waals surface area contributed by atoms with Crippen LogP contribution in [0.3, 0.4) is 0 Å². The standard InChI is InChI=1S/C17H26N4O4S/c1-3-21(13-6-8-26(23,24)11-13)17-19-12(2)9-15(20-17)16(22)18-10-14-5-4-7-25-14/h9,13-14H,3-8,10-11H2,1-2H3,(H,18,22). The van der Waals surface area contributed by atoms with E-state index in [1.54, 1.807) is 13.0 Å². The van der Waals surface area contributed by atoms with Crippen molar-refractivity contribution in [2.24, 2.45) is 0 Å². The molecule has 1 N–H and O–H groups in total. The zero-order valence-corrected chi connectivity index (χ0v) is 16.1. The van der Waals surface area contributed by atoms with E-state index in [1.165, 1.54) is 0 Å². The summed E-state index contributed by atoms with van der Waals surface area (Å²) in [6.45, 7) is 5.54. The molecule has 2 aliphatic rings. The van der Waals surface area contributed by atoms with E-state index >= 15 is 0 Å². The summed E-state index contributed by atoms with van der Waals surface area (Å²) in [5.74, 6) is 0.451. The van der Waals surface area contributed by atoms with Crippen molar-refractivity contribution < 1.29 is 17.9 Å². The predicted molar refractivity (Wildman–Crippen MR) is 98.2 cm³/mol. The molecule has 2 atom stereocenters. The highest BCUT2D eigenvalue weighted by atomic mass is 32.2. The van der Waals surface area contributed by atoms with Crippen molar-refractivity contribution in [3.8, 4) is 0 Å². The van der Waals surface area contributed by atoms with Gasteiger partial charge in [0.1, 0.15) is 5.69 Å². The van der Waals surface area contributed by atoms with E-state index in [9.17, 15) is 13.2 Å². The zero-order chi connectivity index (χ0) is 18.7. The van der Waals surface area contributed by atoms with Crippen LogP contribution >= 0.6 is 0 Å². The van der Waals surface area contributed by atoms with Gasteiger partial charge in [-0.25, -0.2) is 18.4 Å². The van der Waals surface area contributed by atoms with Crippen LogP contribution in [-0.4, -0.2) is 67.6 Å². The molecular weight excluding hydrogens is 356 g/mol. The summed E-state index contributed by atoms with van der Waals surface area (Å²) in [5.41, 5.74) is 0.973. The Labute approximate surface area is 154 Å². The lowest BCUT2D eigenvalue weighted by atomic mass is 10.2. The van der Waals surface area contributed by atoms with E-state index in [1.807, 2.05) is 11.8 Å². The number of aryl methyl sites for hydroxylation is 1. The topological polar surface area (TPSA) is 101 Å². The quantitative estimate of drug-likeness (QED) is 0.773. The largest absolute Gasteiger partial charge is 0.376 e. The lowest BCUT2D eigenvalue weighted by Gasteiger charge is -2.27. The maximum Gasteiger partial charge on any atom is 0.270 e. The SMILES string of the molecule is CCN(c1nc(C)cc(C(=O)NCC2CCCO2)n1)C1CCS(=O)(=O)C1. The van der Waals surface area contributed by atoms with Crippen LogP contribution < -0.4 is 10.2 Å². The van der Waals surface area contributed by atoms with Gasteiger partial charge >= 0.3 is 0 Å². The number of amides is 1. The lowest BCUT2D eigenvalue weighted by molar-refractivity contribution is 0.0853. The second kappa shape index (κ2) is 7.87. The van der Waals surface area contributed by atoms with Crippen LogP contribution in [0, 0.1) is 6.92 Å². The minimum absolute atomic E-state index is 0.0668. The van der Waals surface area contributed by atoms with E-state index < -0.39 is 9.84 Å². The maximum atomic E-state index is 12.5. The third-order valence-corrected chi connectivity index (χ3v) is 6.59. The van der Waals surface area contributed by atoms with E-state index in [-0.39, 0.29) is 29.6 Å². The molecule has 2 saturated heterocycles. The number of carbonyl (C=O) groups excluding carboxylic acids is 1. The molecule has 0 bridgehead atoms. The molecule has 1 amide bonds. The Balaban J connectivity index is 1.74. The third-order valence-electron chi connectivity index (χ3n) is 4.84. The van der Waals surface area contributed by atoms with E-state index in [0.717, 1.165) is 19.4 Å². The van der Waals surface area contributed by atoms with Gasteiger partial charge in [-0.1, -0.05) is 0 Å². The Morgan fingerprint density at radius 2 is 2.19 bits per heavy atom. The predicted octanol–water partition coefficient (Wildman–Crippen LogP) is 0.707. The third kappa shape index (κ3) is 4.50. The number of anilines is 1. The zero-order valence-electron chi connectivity index (χ0n) is 15.3. The van der Waals surface area contributed by atoms with Crippen molar-refractivity contribution in [1.82, 2.24) is 15.3 Å². The fourth-order valence-electron chi connectivity index (χ4n) is 3.48. The lowest BCUT2D eigenvalue weighted by Crippen LogP contribution is -2.38. The fourth-order valence-corrected chi connectivity index (χ4v) is 5.21. The molecule has 1 aromatic rings. The molecule has 3 heterocycles. The van der Waals surface area contributed by atoms with Gasteiger partial charge in [-0.05, 0) is 39.2 Å². The van der Waals surface area contributed by atoms with Crippen LogP contribution in [0.15, 0.2) is 6.07 Å². The minimum atomic E-state index is -3.00. The molecule has 0 radical (unpaired) electrons. The normalized spacial score (nSPS) is 24.5. The number of carbonyl (C=O) groups is 1. The number of ether oxygens (including phenoxy) is 1. The van der Waals surface area contributed by atoms with Gasteiger partial charge in [-0.3, -0.25) is 4.79 Å². The minimum Gasteiger partial charge on any atom is -0.376 e. The number of aromatic nitrogens is 2. The van der Waals surface area contributed by atoms with Crippen LogP contribution in [0.2, 0.25) is 0 Å². The molecule has 0 aromatic carbocycles. The number of sulfone groups is 1. The molecule has 1 aromatic heterocycles. The maximum absolute atomic E-state index is 12.5. The first kappa shape index (κ1) is 19.0. The summed E-state index contributed by atoms with van der Waals surface area (Å²) >= 11 is 0. The van der Waals surface area contributed by atoms with Gasteiger partial charge in [0.25, 0.3) is 5.91 Å². The van der Waals surface area contributed by atoms with Crippen LogP contribution in [-0.2, 0) is 14.6 Å². The Morgan fingerprint density at radius 3 is 2.81 bits per heavy atom. The first-order valence-corrected chi connectivity index (χ1v) is 10.9. The van der Waals surface area contributed by atoms with E-state index in [0.29, 0.717) is 36.8 Å². The number of hydrogen-bond acceptors (Lipinski definition) is 7. The Morgan fingerprint density at radius 1 is 1.38 bits per heavy atom. The molecule has 9 heteroatoms. The highest BCUT2D eigenvalue weighted by Gasteiger charge is 2.33. The Kier molecular flexibility index (Phi) is 5.76. The number of rotatable bonds is 6. The molecule has 144 valence electrons. The van der Waals surface area contributed by atoms with Crippen molar-refractivity contribution in [3.63, 3.8) is 0 Å². The van der Waals surface area contributed by atoms with Gasteiger partial charge in [-0.15, -0.1) is 0 Å². The van der Waals surface area contributed by atoms with Crippen molar-refractivity contribution in [2.75, 3.05) is 36.1 Å². The number of nitrogens with one attached hydrogen (secondary N) is 1. The summed E-state index contributed by atoms with van der Waals surface area (Å²) in [4.78, 5) is 23.2. The smallest absolute Gasteiger partial charge is 0.270 e. The van der Waals surface area contributed by atoms with Crippen molar-refractivity contribution in [3.05, 3.63) is 17.5 Å². The molecule has 26 heavy (non-hydrogen) atoms. The van der Waals surface area contributed by atoms with Gasteiger partial charge in [0, 0.05) is 31.4 Å². The molecule has 3 rings (SSSR count). The van der Waals surface area contributed by atoms with Gasteiger partial charge < -0.3 is 15.0 Å². The highest BCUT2D eigenvalue weighted by molar-refractivity contribution is 7.91. The summed E-state index contributed by atoms with van der Waals surface area (Å²) in [7, 11) is -3.00. The number of nitrogens with zero attached hydrogens (tertiary/aromatic N) is 3. The van der Waals surface area contributed by atoms with Crippen molar-refractivity contribution in [1.29, 1.82) is 0 Å². The van der Waals surface area contributed by atoms with Gasteiger partial charge in [0.15, 0.2) is 9.84 Å². The molecular formula is C17H26N4O4S. The van der Waals surface area contributed by atoms with Gasteiger partial charge in [0.05, 0.1) is 17.6 Å². The van der Waals surface area contributed by atoms with E-state index in [2.05, 4.69) is 15.3 Å². The van der Waals surface area contributed by atoms with Crippen LogP contribution in [0.4, 0.5) is 5.95 Å². The second-order valence-corrected chi connectivity index (χ2v) is 9.11. The monoisotopic (exact) mass is 382 g/mol. The van der Waals surface area contributed by atoms with Crippen LogP contribution in [0.1, 0.15) is 42.4 Å². The Hall–Kier alpha value is -1.74. The highest BCUT2D eigenvalue weighted by Crippen LogP contribution is 2.22. The molecule has 2 fully saturated rings. The average molecular weight is 382 g/mol. The van der Waals surface area contributed by atoms with Gasteiger partial charge in [-0.2, -0.15) is 0 Å². The second-order valence-electron chi connectivity index (χ2n) is 6.88. The average Bonchev–Trinajstić information content (AvgIpc) is 3.22. The Bertz CT molecular complexity index is 762. The van der Waals surface area contributed by atoms with Gasteiger partial charge in [0.2, 0.25) is 5.95 Å². The first-order chi connectivity index (χ1) is 12.4. The molecule has 8 nitrogen and oxygen atoms in total. The summed E-state index contributed by atoms with van der Waals surface area (Å²) in [6.07, 6.45) is 2.60. The first-order valence-electron chi connectivity index (χ1n) is 9.10. The number of hydrogen-bond donors (Lipinski definition) is 1. The van der Waals surface area contributed by atoms with Crippen molar-refractivity contribution in [2.45, 2.75) is 45.3 Å². The summed E-state index contributed by atoms with van der Waals surface area (Å²) in [6, 6.07) is 1.50. The molecule has 0 aliphatic carbocycles.